The Bertz CT molecular complexity index is 259. The lowest BCUT2D eigenvalue weighted by Gasteiger charge is -2.11. The van der Waals surface area contributed by atoms with Crippen molar-refractivity contribution >= 4 is 12.1 Å². The second-order valence-electron chi connectivity index (χ2n) is 4.41. The zero-order chi connectivity index (χ0) is 14.5. The Morgan fingerprint density at radius 3 is 2.47 bits per heavy atom. The van der Waals surface area contributed by atoms with Crippen LogP contribution >= 0.6 is 0 Å². The highest BCUT2D eigenvalue weighted by Gasteiger charge is 2.13. The molecule has 1 unspecified atom stereocenters. The number of hydrogen-bond acceptors (Lipinski definition) is 5. The van der Waals surface area contributed by atoms with Crippen LogP contribution in [0.15, 0.2) is 0 Å². The third-order valence-corrected chi connectivity index (χ3v) is 2.61. The van der Waals surface area contributed by atoms with Crippen molar-refractivity contribution in [1.82, 2.24) is 10.6 Å². The van der Waals surface area contributed by atoms with Crippen LogP contribution in [-0.4, -0.2) is 39.0 Å². The minimum Gasteiger partial charge on any atom is -0.462 e. The summed E-state index contributed by atoms with van der Waals surface area (Å²) in [7, 11) is 1.71. The SMILES string of the molecule is CCCCCC(C)C(=O)OCCOC(=O)NCNC. The molecule has 1 atom stereocenters. The average Bonchev–Trinajstić information content (AvgIpc) is 2.41. The van der Waals surface area contributed by atoms with Crippen molar-refractivity contribution in [1.29, 1.82) is 0 Å². The van der Waals surface area contributed by atoms with Crippen molar-refractivity contribution < 1.29 is 19.1 Å². The van der Waals surface area contributed by atoms with Gasteiger partial charge >= 0.3 is 12.1 Å². The van der Waals surface area contributed by atoms with E-state index in [1.54, 1.807) is 7.05 Å². The first kappa shape index (κ1) is 17.7. The van der Waals surface area contributed by atoms with Crippen molar-refractivity contribution in [3.63, 3.8) is 0 Å². The van der Waals surface area contributed by atoms with Crippen LogP contribution in [-0.2, 0) is 14.3 Å². The van der Waals surface area contributed by atoms with Crippen molar-refractivity contribution in [2.45, 2.75) is 39.5 Å². The van der Waals surface area contributed by atoms with E-state index in [1.807, 2.05) is 6.92 Å². The molecule has 0 saturated heterocycles. The molecule has 0 spiro atoms. The molecule has 0 fully saturated rings. The number of nitrogens with one attached hydrogen (secondary N) is 2. The summed E-state index contributed by atoms with van der Waals surface area (Å²) in [6, 6.07) is 0. The largest absolute Gasteiger partial charge is 0.462 e. The van der Waals surface area contributed by atoms with E-state index in [4.69, 9.17) is 9.47 Å². The van der Waals surface area contributed by atoms with Crippen LogP contribution in [0.2, 0.25) is 0 Å². The van der Waals surface area contributed by atoms with Gasteiger partial charge < -0.3 is 20.1 Å². The van der Waals surface area contributed by atoms with Gasteiger partial charge in [0.05, 0.1) is 12.6 Å². The number of carbonyl (C=O) groups excluding carboxylic acids is 2. The molecule has 6 heteroatoms. The summed E-state index contributed by atoms with van der Waals surface area (Å²) in [5.74, 6) is -0.319. The van der Waals surface area contributed by atoms with Gasteiger partial charge in [-0.15, -0.1) is 0 Å². The molecular weight excluding hydrogens is 248 g/mol. The van der Waals surface area contributed by atoms with Crippen LogP contribution in [0.25, 0.3) is 0 Å². The van der Waals surface area contributed by atoms with E-state index in [-0.39, 0.29) is 25.1 Å². The van der Waals surface area contributed by atoms with E-state index in [0.29, 0.717) is 6.67 Å². The number of hydrogen-bond donors (Lipinski definition) is 2. The van der Waals surface area contributed by atoms with E-state index in [2.05, 4.69) is 17.6 Å². The number of esters is 1. The van der Waals surface area contributed by atoms with E-state index in [1.165, 1.54) is 0 Å². The van der Waals surface area contributed by atoms with Crippen LogP contribution in [0, 0.1) is 5.92 Å². The van der Waals surface area contributed by atoms with Crippen LogP contribution < -0.4 is 10.6 Å². The predicted molar refractivity (Wildman–Crippen MR) is 72.7 cm³/mol. The summed E-state index contributed by atoms with van der Waals surface area (Å²) in [5, 5.41) is 5.21. The molecule has 112 valence electrons. The highest BCUT2D eigenvalue weighted by Crippen LogP contribution is 2.10. The first-order chi connectivity index (χ1) is 9.11. The second-order valence-corrected chi connectivity index (χ2v) is 4.41. The molecule has 0 aliphatic rings. The molecule has 0 aromatic carbocycles. The number of alkyl carbamates (subject to hydrolysis) is 1. The van der Waals surface area contributed by atoms with Gasteiger partial charge in [0.1, 0.15) is 13.2 Å². The maximum atomic E-state index is 11.6. The third kappa shape index (κ3) is 10.3. The summed E-state index contributed by atoms with van der Waals surface area (Å²) < 4.78 is 9.84. The Balaban J connectivity index is 3.54. The van der Waals surface area contributed by atoms with Gasteiger partial charge in [-0.05, 0) is 13.5 Å². The molecule has 1 amide bonds. The van der Waals surface area contributed by atoms with Crippen molar-refractivity contribution in [2.24, 2.45) is 5.92 Å². The number of amides is 1. The summed E-state index contributed by atoms with van der Waals surface area (Å²) >= 11 is 0. The minimum atomic E-state index is -0.526. The normalized spacial score (nSPS) is 11.7. The molecule has 0 heterocycles. The Hall–Kier alpha value is -1.30. The average molecular weight is 274 g/mol. The molecule has 0 aliphatic carbocycles. The van der Waals surface area contributed by atoms with Crippen LogP contribution in [0.1, 0.15) is 39.5 Å². The lowest BCUT2D eigenvalue weighted by molar-refractivity contribution is -0.149. The summed E-state index contributed by atoms with van der Waals surface area (Å²) in [5.41, 5.74) is 0. The number of ether oxygens (including phenoxy) is 2. The monoisotopic (exact) mass is 274 g/mol. The van der Waals surface area contributed by atoms with Gasteiger partial charge in [0.2, 0.25) is 0 Å². The maximum absolute atomic E-state index is 11.6. The maximum Gasteiger partial charge on any atom is 0.408 e. The van der Waals surface area contributed by atoms with E-state index < -0.39 is 6.09 Å². The van der Waals surface area contributed by atoms with Gasteiger partial charge in [0.25, 0.3) is 0 Å². The van der Waals surface area contributed by atoms with E-state index >= 15 is 0 Å². The van der Waals surface area contributed by atoms with Crippen molar-refractivity contribution in [3.8, 4) is 0 Å². The third-order valence-electron chi connectivity index (χ3n) is 2.61. The van der Waals surface area contributed by atoms with Gasteiger partial charge in [-0.1, -0.05) is 33.1 Å². The molecule has 0 saturated carbocycles. The highest BCUT2D eigenvalue weighted by molar-refractivity contribution is 5.72. The summed E-state index contributed by atoms with van der Waals surface area (Å²) in [6.45, 7) is 4.50. The van der Waals surface area contributed by atoms with Gasteiger partial charge in [0, 0.05) is 0 Å². The Kier molecular flexibility index (Phi) is 11.0. The number of carbonyl (C=O) groups is 2. The topological polar surface area (TPSA) is 76.7 Å². The number of rotatable bonds is 10. The predicted octanol–water partition coefficient (Wildman–Crippen LogP) is 1.65. The summed E-state index contributed by atoms with van der Waals surface area (Å²) in [6.07, 6.45) is 3.62. The zero-order valence-corrected chi connectivity index (χ0v) is 12.2. The number of unbranched alkanes of at least 4 members (excludes halogenated alkanes) is 2. The lowest BCUT2D eigenvalue weighted by Crippen LogP contribution is -2.33. The fourth-order valence-electron chi connectivity index (χ4n) is 1.45. The second kappa shape index (κ2) is 11.8. The summed E-state index contributed by atoms with van der Waals surface area (Å²) in [4.78, 5) is 22.6. The smallest absolute Gasteiger partial charge is 0.408 e. The fraction of sp³-hybridized carbons (Fsp3) is 0.846. The molecule has 0 rings (SSSR count). The molecular formula is C13H26N2O4. The quantitative estimate of drug-likeness (QED) is 0.360. The standard InChI is InChI=1S/C13H26N2O4/c1-4-5-6-7-11(2)12(16)18-8-9-19-13(17)15-10-14-3/h11,14H,4-10H2,1-3H3,(H,15,17). The molecule has 0 bridgehead atoms. The Labute approximate surface area is 115 Å². The van der Waals surface area contributed by atoms with Gasteiger partial charge in [-0.25, -0.2) is 4.79 Å². The lowest BCUT2D eigenvalue weighted by atomic mass is 10.0. The molecule has 19 heavy (non-hydrogen) atoms. The Morgan fingerprint density at radius 1 is 1.16 bits per heavy atom. The molecule has 0 radical (unpaired) electrons. The van der Waals surface area contributed by atoms with Crippen LogP contribution in [0.3, 0.4) is 0 Å². The van der Waals surface area contributed by atoms with Gasteiger partial charge in [-0.2, -0.15) is 0 Å². The van der Waals surface area contributed by atoms with Crippen molar-refractivity contribution in [3.05, 3.63) is 0 Å². The van der Waals surface area contributed by atoms with Gasteiger partial charge in [-0.3, -0.25) is 4.79 Å². The highest BCUT2D eigenvalue weighted by atomic mass is 16.6. The molecule has 0 aromatic heterocycles. The Morgan fingerprint density at radius 2 is 1.84 bits per heavy atom. The molecule has 0 aliphatic heterocycles. The van der Waals surface area contributed by atoms with E-state index in [9.17, 15) is 9.59 Å². The fourth-order valence-corrected chi connectivity index (χ4v) is 1.45. The van der Waals surface area contributed by atoms with Crippen LogP contribution in [0.4, 0.5) is 4.79 Å². The zero-order valence-electron chi connectivity index (χ0n) is 12.2. The molecule has 0 aromatic rings. The first-order valence-corrected chi connectivity index (χ1v) is 6.83. The van der Waals surface area contributed by atoms with Crippen LogP contribution in [0.5, 0.6) is 0 Å². The van der Waals surface area contributed by atoms with Gasteiger partial charge in [0.15, 0.2) is 0 Å². The molecule has 2 N–H and O–H groups in total. The molecule has 6 nitrogen and oxygen atoms in total. The van der Waals surface area contributed by atoms with E-state index in [0.717, 1.165) is 25.7 Å². The first-order valence-electron chi connectivity index (χ1n) is 6.83. The van der Waals surface area contributed by atoms with Crippen molar-refractivity contribution in [2.75, 3.05) is 26.9 Å². The minimum absolute atomic E-state index is 0.0724.